The van der Waals surface area contributed by atoms with Gasteiger partial charge < -0.3 is 15.5 Å². The van der Waals surface area contributed by atoms with Gasteiger partial charge in [-0.3, -0.25) is 4.79 Å². The van der Waals surface area contributed by atoms with Gasteiger partial charge in [-0.05, 0) is 55.2 Å². The fourth-order valence-electron chi connectivity index (χ4n) is 3.58. The molecule has 1 aromatic heterocycles. The Morgan fingerprint density at radius 2 is 1.69 bits per heavy atom. The first kappa shape index (κ1) is 23.3. The van der Waals surface area contributed by atoms with Crippen LogP contribution in [0.25, 0.3) is 0 Å². The number of nitrogens with one attached hydrogen (secondary N) is 2. The van der Waals surface area contributed by atoms with Crippen LogP contribution in [0.3, 0.4) is 0 Å². The SMILES string of the molecule is CCN(CC)c1nc(NCc2ccc(F)cc2)ccc1NC(=O)C[C@@H](C)c1ccccc1. The summed E-state index contributed by atoms with van der Waals surface area (Å²) in [6, 6.07) is 20.2. The van der Waals surface area contributed by atoms with Crippen molar-refractivity contribution in [2.24, 2.45) is 0 Å². The van der Waals surface area contributed by atoms with E-state index in [-0.39, 0.29) is 17.6 Å². The second kappa shape index (κ2) is 11.3. The fourth-order valence-corrected chi connectivity index (χ4v) is 3.58. The van der Waals surface area contributed by atoms with Crippen molar-refractivity contribution in [1.82, 2.24) is 4.98 Å². The summed E-state index contributed by atoms with van der Waals surface area (Å²) in [5, 5.41) is 6.34. The first-order valence-electron chi connectivity index (χ1n) is 11.1. The summed E-state index contributed by atoms with van der Waals surface area (Å²) in [6.45, 7) is 8.26. The summed E-state index contributed by atoms with van der Waals surface area (Å²) >= 11 is 0. The molecule has 1 amide bonds. The normalized spacial score (nSPS) is 11.6. The van der Waals surface area contributed by atoms with Crippen LogP contribution in [-0.2, 0) is 11.3 Å². The molecule has 32 heavy (non-hydrogen) atoms. The van der Waals surface area contributed by atoms with Crippen LogP contribution in [0.15, 0.2) is 66.7 Å². The summed E-state index contributed by atoms with van der Waals surface area (Å²) in [5.41, 5.74) is 2.81. The predicted molar refractivity (Wildman–Crippen MR) is 130 cm³/mol. The lowest BCUT2D eigenvalue weighted by Gasteiger charge is -2.24. The van der Waals surface area contributed by atoms with Gasteiger partial charge in [-0.2, -0.15) is 0 Å². The fraction of sp³-hybridized carbons (Fsp3) is 0.308. The van der Waals surface area contributed by atoms with Gasteiger partial charge in [0.05, 0.1) is 5.69 Å². The number of carbonyl (C=O) groups is 1. The van der Waals surface area contributed by atoms with Gasteiger partial charge in [0.25, 0.3) is 0 Å². The molecule has 1 atom stereocenters. The highest BCUT2D eigenvalue weighted by atomic mass is 19.1. The molecule has 3 aromatic rings. The van der Waals surface area contributed by atoms with E-state index in [9.17, 15) is 9.18 Å². The van der Waals surface area contributed by atoms with Crippen molar-refractivity contribution in [3.63, 3.8) is 0 Å². The highest BCUT2D eigenvalue weighted by molar-refractivity contribution is 5.94. The van der Waals surface area contributed by atoms with Crippen LogP contribution in [0.1, 0.15) is 44.2 Å². The van der Waals surface area contributed by atoms with Crippen molar-refractivity contribution < 1.29 is 9.18 Å². The highest BCUT2D eigenvalue weighted by Crippen LogP contribution is 2.27. The minimum Gasteiger partial charge on any atom is -0.366 e. The summed E-state index contributed by atoms with van der Waals surface area (Å²) in [4.78, 5) is 19.6. The van der Waals surface area contributed by atoms with E-state index >= 15 is 0 Å². The number of pyridine rings is 1. The number of amides is 1. The standard InChI is InChI=1S/C26H31FN4O/c1-4-31(5-2)26-23(29-25(32)17-19(3)21-9-7-6-8-10-21)15-16-24(30-26)28-18-20-11-13-22(27)14-12-20/h6-16,19H,4-5,17-18H2,1-3H3,(H,28,30)(H,29,32)/t19-/m1/s1. The van der Waals surface area contributed by atoms with E-state index in [0.717, 1.165) is 30.0 Å². The van der Waals surface area contributed by atoms with Crippen molar-refractivity contribution in [2.45, 2.75) is 39.7 Å². The summed E-state index contributed by atoms with van der Waals surface area (Å²) < 4.78 is 13.1. The Hall–Kier alpha value is -3.41. The number of halogens is 1. The lowest BCUT2D eigenvalue weighted by atomic mass is 9.97. The molecule has 3 rings (SSSR count). The van der Waals surface area contributed by atoms with Crippen LogP contribution in [0, 0.1) is 5.82 Å². The largest absolute Gasteiger partial charge is 0.366 e. The molecule has 0 spiro atoms. The summed E-state index contributed by atoms with van der Waals surface area (Å²) in [6.07, 6.45) is 0.395. The monoisotopic (exact) mass is 434 g/mol. The molecule has 6 heteroatoms. The minimum absolute atomic E-state index is 0.0384. The number of hydrogen-bond acceptors (Lipinski definition) is 4. The zero-order valence-corrected chi connectivity index (χ0v) is 18.9. The zero-order valence-electron chi connectivity index (χ0n) is 18.9. The van der Waals surface area contributed by atoms with Crippen LogP contribution in [0.2, 0.25) is 0 Å². The number of nitrogens with zero attached hydrogens (tertiary/aromatic N) is 2. The molecule has 0 aliphatic carbocycles. The Bertz CT molecular complexity index is 1000. The van der Waals surface area contributed by atoms with Crippen LogP contribution < -0.4 is 15.5 Å². The molecule has 0 bridgehead atoms. The molecular formula is C26H31FN4O. The first-order chi connectivity index (χ1) is 15.5. The van der Waals surface area contributed by atoms with Gasteiger partial charge in [-0.1, -0.05) is 49.4 Å². The van der Waals surface area contributed by atoms with Gasteiger partial charge in [0.1, 0.15) is 11.6 Å². The Kier molecular flexibility index (Phi) is 8.20. The van der Waals surface area contributed by atoms with Crippen molar-refractivity contribution in [3.8, 4) is 0 Å². The molecule has 0 fully saturated rings. The second-order valence-electron chi connectivity index (χ2n) is 7.78. The summed E-state index contributed by atoms with van der Waals surface area (Å²) in [5.74, 6) is 1.27. The molecule has 0 radical (unpaired) electrons. The molecule has 168 valence electrons. The smallest absolute Gasteiger partial charge is 0.225 e. The number of rotatable bonds is 10. The predicted octanol–water partition coefficient (Wildman–Crippen LogP) is 5.81. The van der Waals surface area contributed by atoms with Gasteiger partial charge >= 0.3 is 0 Å². The van der Waals surface area contributed by atoms with Crippen LogP contribution in [0.4, 0.5) is 21.7 Å². The van der Waals surface area contributed by atoms with Crippen molar-refractivity contribution in [2.75, 3.05) is 28.6 Å². The third kappa shape index (κ3) is 6.30. The Morgan fingerprint density at radius 1 is 1.00 bits per heavy atom. The number of hydrogen-bond donors (Lipinski definition) is 2. The average Bonchev–Trinajstić information content (AvgIpc) is 2.81. The van der Waals surface area contributed by atoms with E-state index in [4.69, 9.17) is 4.98 Å². The van der Waals surface area contributed by atoms with Crippen molar-refractivity contribution >= 4 is 23.2 Å². The average molecular weight is 435 g/mol. The number of aromatic nitrogens is 1. The van der Waals surface area contributed by atoms with E-state index in [2.05, 4.69) is 36.3 Å². The number of anilines is 3. The quantitative estimate of drug-likeness (QED) is 0.423. The number of carbonyl (C=O) groups excluding carboxylic acids is 1. The molecular weight excluding hydrogens is 403 g/mol. The van der Waals surface area contributed by atoms with Crippen LogP contribution in [-0.4, -0.2) is 24.0 Å². The van der Waals surface area contributed by atoms with Gasteiger partial charge in [-0.25, -0.2) is 9.37 Å². The Labute approximate surface area is 189 Å². The van der Waals surface area contributed by atoms with Gasteiger partial charge in [-0.15, -0.1) is 0 Å². The lowest BCUT2D eigenvalue weighted by Crippen LogP contribution is -2.26. The maximum atomic E-state index is 13.1. The van der Waals surface area contributed by atoms with E-state index in [1.54, 1.807) is 12.1 Å². The van der Waals surface area contributed by atoms with E-state index < -0.39 is 0 Å². The summed E-state index contributed by atoms with van der Waals surface area (Å²) in [7, 11) is 0. The van der Waals surface area contributed by atoms with Crippen LogP contribution in [0.5, 0.6) is 0 Å². The third-order valence-corrected chi connectivity index (χ3v) is 5.46. The van der Waals surface area contributed by atoms with Gasteiger partial charge in [0, 0.05) is 26.1 Å². The molecule has 0 aliphatic heterocycles. The molecule has 2 N–H and O–H groups in total. The first-order valence-corrected chi connectivity index (χ1v) is 11.1. The molecule has 0 saturated carbocycles. The zero-order chi connectivity index (χ0) is 22.9. The van der Waals surface area contributed by atoms with E-state index in [1.165, 1.54) is 12.1 Å². The Balaban J connectivity index is 1.72. The minimum atomic E-state index is -0.252. The molecule has 0 unspecified atom stereocenters. The lowest BCUT2D eigenvalue weighted by molar-refractivity contribution is -0.116. The van der Waals surface area contributed by atoms with Gasteiger partial charge in [0.2, 0.25) is 5.91 Å². The molecule has 1 heterocycles. The van der Waals surface area contributed by atoms with Gasteiger partial charge in [0.15, 0.2) is 5.82 Å². The molecule has 0 aliphatic rings. The maximum absolute atomic E-state index is 13.1. The highest BCUT2D eigenvalue weighted by Gasteiger charge is 2.16. The van der Waals surface area contributed by atoms with Crippen LogP contribution >= 0.6 is 0 Å². The topological polar surface area (TPSA) is 57.3 Å². The Morgan fingerprint density at radius 3 is 2.34 bits per heavy atom. The van der Waals surface area contributed by atoms with E-state index in [0.29, 0.717) is 24.5 Å². The molecule has 0 saturated heterocycles. The second-order valence-corrected chi connectivity index (χ2v) is 7.78. The molecule has 5 nitrogen and oxygen atoms in total. The molecule has 2 aromatic carbocycles. The van der Waals surface area contributed by atoms with Crippen molar-refractivity contribution in [1.29, 1.82) is 0 Å². The maximum Gasteiger partial charge on any atom is 0.225 e. The third-order valence-electron chi connectivity index (χ3n) is 5.46. The van der Waals surface area contributed by atoms with E-state index in [1.807, 2.05) is 42.5 Å². The van der Waals surface area contributed by atoms with Crippen molar-refractivity contribution in [3.05, 3.63) is 83.7 Å². The number of benzene rings is 2.